The number of hydrogen-bond donors (Lipinski definition) is 1. The SMILES string of the molecule is C#CCN1C(=O)[C@H](Cc2ccccc2)NC(=O)[C@@H]1CCCC. The summed E-state index contributed by atoms with van der Waals surface area (Å²) in [5, 5.41) is 2.86. The van der Waals surface area contributed by atoms with Crippen molar-refractivity contribution < 1.29 is 9.59 Å². The number of carbonyl (C=O) groups excluding carboxylic acids is 2. The van der Waals surface area contributed by atoms with Gasteiger partial charge in [-0.05, 0) is 12.0 Å². The highest BCUT2D eigenvalue weighted by Gasteiger charge is 2.39. The molecule has 0 aromatic heterocycles. The Morgan fingerprint density at radius 2 is 2.00 bits per heavy atom. The van der Waals surface area contributed by atoms with E-state index < -0.39 is 12.1 Å². The van der Waals surface area contributed by atoms with Gasteiger partial charge in [0.15, 0.2) is 0 Å². The van der Waals surface area contributed by atoms with Gasteiger partial charge in [-0.3, -0.25) is 9.59 Å². The van der Waals surface area contributed by atoms with Gasteiger partial charge >= 0.3 is 0 Å². The molecule has 1 aromatic rings. The minimum absolute atomic E-state index is 0.0810. The third-order valence-electron chi connectivity index (χ3n) is 3.95. The van der Waals surface area contributed by atoms with Crippen LogP contribution in [0.1, 0.15) is 31.7 Å². The maximum absolute atomic E-state index is 12.7. The van der Waals surface area contributed by atoms with E-state index in [1.807, 2.05) is 30.3 Å². The minimum atomic E-state index is -0.527. The zero-order valence-electron chi connectivity index (χ0n) is 12.9. The van der Waals surface area contributed by atoms with Crippen LogP contribution < -0.4 is 5.32 Å². The number of rotatable bonds is 6. The highest BCUT2D eigenvalue weighted by Crippen LogP contribution is 2.17. The summed E-state index contributed by atoms with van der Waals surface area (Å²) in [6.45, 7) is 2.25. The molecule has 1 aliphatic heterocycles. The smallest absolute Gasteiger partial charge is 0.246 e. The van der Waals surface area contributed by atoms with Crippen molar-refractivity contribution in [2.45, 2.75) is 44.7 Å². The van der Waals surface area contributed by atoms with Gasteiger partial charge in [0.2, 0.25) is 11.8 Å². The molecular weight excluding hydrogens is 276 g/mol. The second-order valence-electron chi connectivity index (χ2n) is 5.58. The molecule has 1 aromatic carbocycles. The molecule has 0 unspecified atom stereocenters. The molecule has 22 heavy (non-hydrogen) atoms. The Morgan fingerprint density at radius 3 is 2.64 bits per heavy atom. The fraction of sp³-hybridized carbons (Fsp3) is 0.444. The summed E-state index contributed by atoms with van der Waals surface area (Å²) in [5.74, 6) is 2.33. The normalized spacial score (nSPS) is 21.4. The van der Waals surface area contributed by atoms with E-state index >= 15 is 0 Å². The Bertz CT molecular complexity index is 562. The first-order chi connectivity index (χ1) is 10.7. The average molecular weight is 298 g/mol. The molecule has 0 spiro atoms. The van der Waals surface area contributed by atoms with Gasteiger partial charge in [-0.1, -0.05) is 56.0 Å². The van der Waals surface area contributed by atoms with Gasteiger partial charge in [0.25, 0.3) is 0 Å². The topological polar surface area (TPSA) is 49.4 Å². The van der Waals surface area contributed by atoms with Crippen molar-refractivity contribution in [3.63, 3.8) is 0 Å². The summed E-state index contributed by atoms with van der Waals surface area (Å²) < 4.78 is 0. The Kier molecular flexibility index (Phi) is 5.60. The second-order valence-corrected chi connectivity index (χ2v) is 5.58. The molecule has 0 bridgehead atoms. The number of nitrogens with one attached hydrogen (secondary N) is 1. The molecule has 4 nitrogen and oxygen atoms in total. The molecule has 2 amide bonds. The van der Waals surface area contributed by atoms with Gasteiger partial charge in [-0.25, -0.2) is 0 Å². The average Bonchev–Trinajstić information content (AvgIpc) is 2.53. The van der Waals surface area contributed by atoms with Crippen LogP contribution in [-0.2, 0) is 16.0 Å². The Hall–Kier alpha value is -2.28. The third-order valence-corrected chi connectivity index (χ3v) is 3.95. The molecule has 0 saturated carbocycles. The standard InChI is InChI=1S/C18H22N2O2/c1-3-5-11-16-17(21)19-15(18(22)20(16)12-4-2)13-14-9-7-6-8-10-14/h2,6-10,15-16H,3,5,11-13H2,1H3,(H,19,21)/t15-,16-/m0/s1. The van der Waals surface area contributed by atoms with Crippen molar-refractivity contribution in [1.29, 1.82) is 0 Å². The Labute approximate surface area is 131 Å². The number of carbonyl (C=O) groups is 2. The number of terminal acetylenes is 1. The Morgan fingerprint density at radius 1 is 1.27 bits per heavy atom. The van der Waals surface area contributed by atoms with Crippen LogP contribution in [0.4, 0.5) is 0 Å². The summed E-state index contributed by atoms with van der Waals surface area (Å²) in [7, 11) is 0. The molecule has 4 heteroatoms. The number of benzene rings is 1. The van der Waals surface area contributed by atoms with E-state index in [-0.39, 0.29) is 18.4 Å². The molecule has 0 radical (unpaired) electrons. The van der Waals surface area contributed by atoms with Crippen LogP contribution in [0.2, 0.25) is 0 Å². The number of piperazine rings is 1. The number of amides is 2. The van der Waals surface area contributed by atoms with E-state index in [9.17, 15) is 9.59 Å². The zero-order chi connectivity index (χ0) is 15.9. The molecule has 1 fully saturated rings. The summed E-state index contributed by atoms with van der Waals surface area (Å²) in [6.07, 6.45) is 8.41. The van der Waals surface area contributed by atoms with Crippen molar-refractivity contribution in [1.82, 2.24) is 10.2 Å². The van der Waals surface area contributed by atoms with Crippen LogP contribution in [0.15, 0.2) is 30.3 Å². The second kappa shape index (κ2) is 7.65. The largest absolute Gasteiger partial charge is 0.342 e. The monoisotopic (exact) mass is 298 g/mol. The number of unbranched alkanes of at least 4 members (excludes halogenated alkanes) is 1. The molecule has 0 aliphatic carbocycles. The lowest BCUT2D eigenvalue weighted by Gasteiger charge is -2.38. The Balaban J connectivity index is 2.14. The van der Waals surface area contributed by atoms with Gasteiger partial charge in [-0.2, -0.15) is 0 Å². The van der Waals surface area contributed by atoms with Gasteiger partial charge in [-0.15, -0.1) is 6.42 Å². The fourth-order valence-corrected chi connectivity index (χ4v) is 2.78. The van der Waals surface area contributed by atoms with Gasteiger partial charge in [0.05, 0.1) is 6.54 Å². The van der Waals surface area contributed by atoms with Crippen LogP contribution >= 0.6 is 0 Å². The van der Waals surface area contributed by atoms with E-state index in [1.165, 1.54) is 0 Å². The summed E-state index contributed by atoms with van der Waals surface area (Å²) >= 11 is 0. The molecule has 1 saturated heterocycles. The lowest BCUT2D eigenvalue weighted by molar-refractivity contribution is -0.148. The summed E-state index contributed by atoms with van der Waals surface area (Å²) in [5.41, 5.74) is 1.02. The van der Waals surface area contributed by atoms with Crippen LogP contribution in [0.5, 0.6) is 0 Å². The van der Waals surface area contributed by atoms with Gasteiger partial charge in [0.1, 0.15) is 12.1 Å². The molecule has 1 N–H and O–H groups in total. The molecule has 2 atom stereocenters. The van der Waals surface area contributed by atoms with E-state index in [1.54, 1.807) is 4.90 Å². The first-order valence-electron chi connectivity index (χ1n) is 7.75. The third kappa shape index (κ3) is 3.67. The highest BCUT2D eigenvalue weighted by atomic mass is 16.2. The van der Waals surface area contributed by atoms with Crippen molar-refractivity contribution >= 4 is 11.8 Å². The summed E-state index contributed by atoms with van der Waals surface area (Å²) in [6, 6.07) is 8.72. The lowest BCUT2D eigenvalue weighted by atomic mass is 9.98. The molecule has 1 heterocycles. The summed E-state index contributed by atoms with van der Waals surface area (Å²) in [4.78, 5) is 26.6. The van der Waals surface area contributed by atoms with Crippen LogP contribution in [-0.4, -0.2) is 35.3 Å². The first kappa shape index (κ1) is 16.1. The van der Waals surface area contributed by atoms with E-state index in [2.05, 4.69) is 18.2 Å². The van der Waals surface area contributed by atoms with Crippen LogP contribution in [0, 0.1) is 12.3 Å². The molecule has 116 valence electrons. The number of hydrogen-bond acceptors (Lipinski definition) is 2. The minimum Gasteiger partial charge on any atom is -0.342 e. The fourth-order valence-electron chi connectivity index (χ4n) is 2.78. The van der Waals surface area contributed by atoms with E-state index in [0.717, 1.165) is 18.4 Å². The maximum Gasteiger partial charge on any atom is 0.246 e. The maximum atomic E-state index is 12.7. The predicted octanol–water partition coefficient (Wildman–Crippen LogP) is 1.75. The quantitative estimate of drug-likeness (QED) is 0.813. The van der Waals surface area contributed by atoms with Crippen LogP contribution in [0.25, 0.3) is 0 Å². The predicted molar refractivity (Wildman–Crippen MR) is 85.9 cm³/mol. The molecule has 2 rings (SSSR count). The van der Waals surface area contributed by atoms with Crippen molar-refractivity contribution in [2.75, 3.05) is 6.54 Å². The first-order valence-corrected chi connectivity index (χ1v) is 7.75. The van der Waals surface area contributed by atoms with Gasteiger partial charge in [0, 0.05) is 6.42 Å². The lowest BCUT2D eigenvalue weighted by Crippen LogP contribution is -2.63. The van der Waals surface area contributed by atoms with Crippen molar-refractivity contribution in [3.8, 4) is 12.3 Å². The zero-order valence-corrected chi connectivity index (χ0v) is 12.9. The van der Waals surface area contributed by atoms with Crippen LogP contribution in [0.3, 0.4) is 0 Å². The molecule has 1 aliphatic rings. The van der Waals surface area contributed by atoms with Gasteiger partial charge < -0.3 is 10.2 Å². The molecular formula is C18H22N2O2. The van der Waals surface area contributed by atoms with E-state index in [0.29, 0.717) is 12.8 Å². The van der Waals surface area contributed by atoms with E-state index in [4.69, 9.17) is 6.42 Å². The number of nitrogens with zero attached hydrogens (tertiary/aromatic N) is 1. The van der Waals surface area contributed by atoms with Crippen molar-refractivity contribution in [3.05, 3.63) is 35.9 Å². The highest BCUT2D eigenvalue weighted by molar-refractivity contribution is 5.97. The van der Waals surface area contributed by atoms with Crippen molar-refractivity contribution in [2.24, 2.45) is 0 Å².